The van der Waals surface area contributed by atoms with Crippen LogP contribution in [0.15, 0.2) is 0 Å². The molecule has 96 valence electrons. The molecular formula is C9H18ClNO4S. The Bertz CT molecular complexity index is 292. The van der Waals surface area contributed by atoms with Crippen LogP contribution >= 0.6 is 11.6 Å². The average molecular weight is 272 g/mol. The molecule has 0 rings (SSSR count). The second-order valence-electron chi connectivity index (χ2n) is 3.29. The van der Waals surface area contributed by atoms with Gasteiger partial charge in [-0.15, -0.1) is 11.6 Å². The van der Waals surface area contributed by atoms with E-state index in [1.54, 1.807) is 0 Å². The molecule has 0 spiro atoms. The second kappa shape index (κ2) is 8.78. The predicted octanol–water partition coefficient (Wildman–Crippen LogP) is 0.878. The Morgan fingerprint density at radius 1 is 1.31 bits per heavy atom. The molecule has 0 aliphatic carbocycles. The maximum Gasteiger partial charge on any atom is 0.305 e. The summed E-state index contributed by atoms with van der Waals surface area (Å²) in [5.74, 6) is 0.219. The summed E-state index contributed by atoms with van der Waals surface area (Å²) in [4.78, 5) is 10.7. The highest BCUT2D eigenvalue weighted by Crippen LogP contribution is 1.97. The summed E-state index contributed by atoms with van der Waals surface area (Å²) in [7, 11) is -1.92. The van der Waals surface area contributed by atoms with Crippen LogP contribution in [0.25, 0.3) is 0 Å². The molecule has 0 saturated carbocycles. The number of carbonyl (C=O) groups is 1. The van der Waals surface area contributed by atoms with E-state index in [0.717, 1.165) is 0 Å². The van der Waals surface area contributed by atoms with Gasteiger partial charge in [-0.3, -0.25) is 4.79 Å². The van der Waals surface area contributed by atoms with Gasteiger partial charge in [0.1, 0.15) is 0 Å². The maximum atomic E-state index is 11.3. The van der Waals surface area contributed by atoms with Gasteiger partial charge in [0.25, 0.3) is 0 Å². The van der Waals surface area contributed by atoms with Gasteiger partial charge in [-0.25, -0.2) is 13.1 Å². The van der Waals surface area contributed by atoms with E-state index in [-0.39, 0.29) is 24.7 Å². The van der Waals surface area contributed by atoms with E-state index in [1.807, 2.05) is 0 Å². The van der Waals surface area contributed by atoms with Crippen molar-refractivity contribution in [2.75, 3.05) is 25.3 Å². The van der Waals surface area contributed by atoms with E-state index >= 15 is 0 Å². The zero-order valence-corrected chi connectivity index (χ0v) is 10.9. The lowest BCUT2D eigenvalue weighted by molar-refractivity contribution is -0.140. The molecule has 16 heavy (non-hydrogen) atoms. The Hall–Kier alpha value is -0.330. The molecule has 0 heterocycles. The van der Waals surface area contributed by atoms with Crippen molar-refractivity contribution in [3.63, 3.8) is 0 Å². The molecule has 0 aliphatic rings. The first-order chi connectivity index (χ1) is 7.52. The fraction of sp³-hybridized carbons (Fsp3) is 0.889. The quantitative estimate of drug-likeness (QED) is 0.384. The SMILES string of the molecule is COC(=O)CCCNS(=O)(=O)CCCCCl. The van der Waals surface area contributed by atoms with Crippen molar-refractivity contribution in [1.82, 2.24) is 4.72 Å². The normalized spacial score (nSPS) is 11.4. The van der Waals surface area contributed by atoms with Crippen LogP contribution in [0.1, 0.15) is 25.7 Å². The van der Waals surface area contributed by atoms with Crippen molar-refractivity contribution in [2.24, 2.45) is 0 Å². The highest BCUT2D eigenvalue weighted by Gasteiger charge is 2.09. The summed E-state index contributed by atoms with van der Waals surface area (Å²) < 4.78 is 29.5. The number of halogens is 1. The van der Waals surface area contributed by atoms with Crippen LogP contribution < -0.4 is 4.72 Å². The number of carbonyl (C=O) groups excluding carboxylic acids is 1. The van der Waals surface area contributed by atoms with E-state index in [4.69, 9.17) is 11.6 Å². The lowest BCUT2D eigenvalue weighted by Crippen LogP contribution is -2.27. The first-order valence-electron chi connectivity index (χ1n) is 5.12. The minimum Gasteiger partial charge on any atom is -0.469 e. The van der Waals surface area contributed by atoms with Gasteiger partial charge in [-0.2, -0.15) is 0 Å². The molecule has 0 bridgehead atoms. The number of alkyl halides is 1. The maximum absolute atomic E-state index is 11.3. The van der Waals surface area contributed by atoms with Crippen molar-refractivity contribution in [3.8, 4) is 0 Å². The third-order valence-corrected chi connectivity index (χ3v) is 3.64. The summed E-state index contributed by atoms with van der Waals surface area (Å²) in [5, 5.41) is 0. The highest BCUT2D eigenvalue weighted by atomic mass is 35.5. The fourth-order valence-corrected chi connectivity index (χ4v) is 2.39. The lowest BCUT2D eigenvalue weighted by atomic mass is 10.3. The van der Waals surface area contributed by atoms with Crippen LogP contribution in [-0.2, 0) is 19.6 Å². The summed E-state index contributed by atoms with van der Waals surface area (Å²) in [6, 6.07) is 0. The Morgan fingerprint density at radius 2 is 2.00 bits per heavy atom. The Balaban J connectivity index is 3.62. The summed E-state index contributed by atoms with van der Waals surface area (Å²) in [6.07, 6.45) is 1.91. The third kappa shape index (κ3) is 8.94. The van der Waals surface area contributed by atoms with Gasteiger partial charge >= 0.3 is 5.97 Å². The van der Waals surface area contributed by atoms with Gasteiger partial charge in [0.15, 0.2) is 0 Å². The monoisotopic (exact) mass is 271 g/mol. The van der Waals surface area contributed by atoms with Crippen LogP contribution in [0.2, 0.25) is 0 Å². The van der Waals surface area contributed by atoms with Gasteiger partial charge in [0.05, 0.1) is 12.9 Å². The standard InChI is InChI=1S/C9H18ClNO4S/c1-15-9(12)5-4-7-11-16(13,14)8-3-2-6-10/h11H,2-8H2,1H3. The number of esters is 1. The van der Waals surface area contributed by atoms with Gasteiger partial charge < -0.3 is 4.74 Å². The fourth-order valence-electron chi connectivity index (χ4n) is 1.02. The molecule has 0 radical (unpaired) electrons. The molecule has 1 N–H and O–H groups in total. The second-order valence-corrected chi connectivity index (χ2v) is 5.59. The minimum absolute atomic E-state index is 0.0813. The Morgan fingerprint density at radius 3 is 2.56 bits per heavy atom. The van der Waals surface area contributed by atoms with E-state index < -0.39 is 10.0 Å². The van der Waals surface area contributed by atoms with E-state index in [1.165, 1.54) is 7.11 Å². The molecule has 0 fully saturated rings. The molecule has 0 aliphatic heterocycles. The number of rotatable bonds is 9. The smallest absolute Gasteiger partial charge is 0.305 e. The number of unbranched alkanes of at least 4 members (excludes halogenated alkanes) is 1. The first-order valence-corrected chi connectivity index (χ1v) is 7.30. The Kier molecular flexibility index (Phi) is 8.60. The van der Waals surface area contributed by atoms with Crippen LogP contribution in [0.4, 0.5) is 0 Å². The summed E-state index contributed by atoms with van der Waals surface area (Å²) >= 11 is 5.44. The number of sulfonamides is 1. The molecule has 5 nitrogen and oxygen atoms in total. The van der Waals surface area contributed by atoms with Crippen molar-refractivity contribution in [3.05, 3.63) is 0 Å². The zero-order chi connectivity index (χ0) is 12.4. The van der Waals surface area contributed by atoms with E-state index in [9.17, 15) is 13.2 Å². The van der Waals surface area contributed by atoms with Crippen LogP contribution in [0.5, 0.6) is 0 Å². The number of nitrogens with one attached hydrogen (secondary N) is 1. The molecule has 7 heteroatoms. The number of hydrogen-bond acceptors (Lipinski definition) is 4. The Labute approximate surface area is 102 Å². The number of methoxy groups -OCH3 is 1. The predicted molar refractivity (Wildman–Crippen MR) is 63.0 cm³/mol. The van der Waals surface area contributed by atoms with Crippen LogP contribution in [-0.4, -0.2) is 39.7 Å². The van der Waals surface area contributed by atoms with Gasteiger partial charge in [0.2, 0.25) is 10.0 Å². The van der Waals surface area contributed by atoms with Crippen molar-refractivity contribution in [2.45, 2.75) is 25.7 Å². The van der Waals surface area contributed by atoms with Crippen molar-refractivity contribution in [1.29, 1.82) is 0 Å². The van der Waals surface area contributed by atoms with Crippen LogP contribution in [0.3, 0.4) is 0 Å². The first kappa shape index (κ1) is 15.7. The number of ether oxygens (including phenoxy) is 1. The molecule has 0 aromatic heterocycles. The molecular weight excluding hydrogens is 254 g/mol. The molecule has 0 amide bonds. The zero-order valence-electron chi connectivity index (χ0n) is 9.37. The van der Waals surface area contributed by atoms with Crippen molar-refractivity contribution < 1.29 is 17.9 Å². The number of hydrogen-bond donors (Lipinski definition) is 1. The summed E-state index contributed by atoms with van der Waals surface area (Å²) in [6.45, 7) is 0.262. The van der Waals surface area contributed by atoms with Gasteiger partial charge in [-0.05, 0) is 19.3 Å². The largest absolute Gasteiger partial charge is 0.469 e. The average Bonchev–Trinajstić information content (AvgIpc) is 2.24. The van der Waals surface area contributed by atoms with Gasteiger partial charge in [-0.1, -0.05) is 0 Å². The lowest BCUT2D eigenvalue weighted by Gasteiger charge is -2.05. The van der Waals surface area contributed by atoms with E-state index in [2.05, 4.69) is 9.46 Å². The van der Waals surface area contributed by atoms with E-state index in [0.29, 0.717) is 25.1 Å². The minimum atomic E-state index is -3.22. The molecule has 0 aromatic rings. The molecule has 0 saturated heterocycles. The molecule has 0 unspecified atom stereocenters. The topological polar surface area (TPSA) is 72.5 Å². The highest BCUT2D eigenvalue weighted by molar-refractivity contribution is 7.89. The van der Waals surface area contributed by atoms with Crippen LogP contribution in [0, 0.1) is 0 Å². The molecule has 0 aromatic carbocycles. The summed E-state index contributed by atoms with van der Waals surface area (Å²) in [5.41, 5.74) is 0. The van der Waals surface area contributed by atoms with Crippen molar-refractivity contribution >= 4 is 27.6 Å². The van der Waals surface area contributed by atoms with Gasteiger partial charge in [0, 0.05) is 18.8 Å². The molecule has 0 atom stereocenters. The third-order valence-electron chi connectivity index (χ3n) is 1.90.